The van der Waals surface area contributed by atoms with Crippen molar-refractivity contribution in [3.8, 4) is 0 Å². The minimum absolute atomic E-state index is 0.127. The van der Waals surface area contributed by atoms with Gasteiger partial charge in [0.2, 0.25) is 0 Å². The Bertz CT molecular complexity index is 540. The average molecular weight is 351 g/mol. The van der Waals surface area contributed by atoms with Gasteiger partial charge in [-0.25, -0.2) is 4.39 Å². The summed E-state index contributed by atoms with van der Waals surface area (Å²) < 4.78 is 26.7. The van der Waals surface area contributed by atoms with Crippen molar-refractivity contribution in [1.29, 1.82) is 0 Å². The zero-order valence-corrected chi connectivity index (χ0v) is 16.4. The van der Waals surface area contributed by atoms with Gasteiger partial charge in [0.25, 0.3) is 0 Å². The fourth-order valence-electron chi connectivity index (χ4n) is 7.54. The van der Waals surface area contributed by atoms with Crippen molar-refractivity contribution in [1.82, 2.24) is 0 Å². The summed E-state index contributed by atoms with van der Waals surface area (Å²) in [5.41, 5.74) is 2.00. The first-order valence-corrected chi connectivity index (χ1v) is 10.4. The van der Waals surface area contributed by atoms with Gasteiger partial charge in [-0.2, -0.15) is 0 Å². The normalized spacial score (nSPS) is 50.2. The highest BCUT2D eigenvalue weighted by molar-refractivity contribution is 5.23. The lowest BCUT2D eigenvalue weighted by Crippen LogP contribution is -2.54. The van der Waals surface area contributed by atoms with Gasteiger partial charge in [-0.1, -0.05) is 18.6 Å². The van der Waals surface area contributed by atoms with E-state index in [0.717, 1.165) is 31.6 Å². The van der Waals surface area contributed by atoms with E-state index in [4.69, 9.17) is 9.47 Å². The second-order valence-corrected chi connectivity index (χ2v) is 9.38. The first-order chi connectivity index (χ1) is 12.0. The molecule has 142 valence electrons. The minimum atomic E-state index is -0.687. The molecule has 0 aromatic carbocycles. The molecule has 0 bridgehead atoms. The molecule has 0 radical (unpaired) electrons. The molecule has 4 fully saturated rings. The van der Waals surface area contributed by atoms with Crippen LogP contribution in [0.2, 0.25) is 0 Å². The summed E-state index contributed by atoms with van der Waals surface area (Å²) in [6.45, 7) is 4.66. The molecular formula is C22H35FO2. The number of methoxy groups -OCH3 is 2. The van der Waals surface area contributed by atoms with Gasteiger partial charge in [-0.3, -0.25) is 0 Å². The van der Waals surface area contributed by atoms with Crippen LogP contribution in [0.5, 0.6) is 0 Å². The van der Waals surface area contributed by atoms with E-state index in [1.165, 1.54) is 25.7 Å². The summed E-state index contributed by atoms with van der Waals surface area (Å²) in [5, 5.41) is 0. The maximum absolute atomic E-state index is 15.3. The van der Waals surface area contributed by atoms with Crippen LogP contribution in [-0.2, 0) is 9.47 Å². The molecule has 2 nitrogen and oxygen atoms in total. The van der Waals surface area contributed by atoms with Gasteiger partial charge >= 0.3 is 0 Å². The molecule has 0 N–H and O–H groups in total. The van der Waals surface area contributed by atoms with Crippen LogP contribution in [0.15, 0.2) is 11.6 Å². The molecule has 4 aliphatic rings. The van der Waals surface area contributed by atoms with E-state index in [2.05, 4.69) is 19.9 Å². The molecule has 4 saturated carbocycles. The minimum Gasteiger partial charge on any atom is -0.353 e. The monoisotopic (exact) mass is 350 g/mol. The molecule has 0 aliphatic heterocycles. The van der Waals surface area contributed by atoms with E-state index >= 15 is 4.39 Å². The third kappa shape index (κ3) is 2.56. The SMILES string of the molecule is C/C=C1/CCC2C3CC(F)C4CC(OC)(OC)CCC4C3CCC12C. The Balaban J connectivity index is 1.59. The van der Waals surface area contributed by atoms with Gasteiger partial charge in [0.1, 0.15) is 6.17 Å². The predicted octanol–water partition coefficient (Wildman–Crippen LogP) is 5.52. The van der Waals surface area contributed by atoms with Crippen LogP contribution in [0.4, 0.5) is 4.39 Å². The van der Waals surface area contributed by atoms with Crippen LogP contribution in [0.1, 0.15) is 65.2 Å². The lowest BCUT2D eigenvalue weighted by Gasteiger charge is -2.57. The van der Waals surface area contributed by atoms with E-state index in [0.29, 0.717) is 23.2 Å². The van der Waals surface area contributed by atoms with Crippen LogP contribution >= 0.6 is 0 Å². The molecule has 4 aliphatic carbocycles. The summed E-state index contributed by atoms with van der Waals surface area (Å²) in [6.07, 6.45) is 10.3. The molecule has 0 aromatic rings. The molecular weight excluding hydrogens is 315 g/mol. The Labute approximate surface area is 152 Å². The third-order valence-corrected chi connectivity index (χ3v) is 8.90. The van der Waals surface area contributed by atoms with Crippen molar-refractivity contribution in [2.45, 2.75) is 77.2 Å². The largest absolute Gasteiger partial charge is 0.353 e. The summed E-state index contributed by atoms with van der Waals surface area (Å²) in [4.78, 5) is 0. The Morgan fingerprint density at radius 1 is 1.00 bits per heavy atom. The molecule has 0 aromatic heterocycles. The zero-order valence-electron chi connectivity index (χ0n) is 16.4. The molecule has 0 saturated heterocycles. The van der Waals surface area contributed by atoms with E-state index in [-0.39, 0.29) is 5.92 Å². The highest BCUT2D eigenvalue weighted by atomic mass is 19.1. The topological polar surface area (TPSA) is 18.5 Å². The molecule has 7 unspecified atom stereocenters. The van der Waals surface area contributed by atoms with E-state index in [9.17, 15) is 0 Å². The average Bonchev–Trinajstić information content (AvgIpc) is 2.98. The van der Waals surface area contributed by atoms with Crippen molar-refractivity contribution >= 4 is 0 Å². The number of fused-ring (bicyclic) bond motifs is 5. The number of alkyl halides is 1. The maximum atomic E-state index is 15.3. The van der Waals surface area contributed by atoms with Gasteiger partial charge in [-0.15, -0.1) is 0 Å². The molecule has 25 heavy (non-hydrogen) atoms. The smallest absolute Gasteiger partial charge is 0.167 e. The fraction of sp³-hybridized carbons (Fsp3) is 0.909. The molecule has 0 amide bonds. The standard InChI is InChI=1S/C22H35FO2/c1-5-14-6-7-19-17-12-20(23)18-13-22(24-3,25-4)11-9-16(18)15(17)8-10-21(14,19)2/h5,15-20H,6-13H2,1-4H3/b14-5-. The first-order valence-electron chi connectivity index (χ1n) is 10.4. The number of ether oxygens (including phenoxy) is 2. The number of hydrogen-bond donors (Lipinski definition) is 0. The molecule has 0 spiro atoms. The predicted molar refractivity (Wildman–Crippen MR) is 97.9 cm³/mol. The van der Waals surface area contributed by atoms with E-state index in [1.807, 2.05) is 0 Å². The summed E-state index contributed by atoms with van der Waals surface area (Å²) >= 11 is 0. The number of hydrogen-bond acceptors (Lipinski definition) is 2. The van der Waals surface area contributed by atoms with Crippen molar-refractivity contribution in [2.75, 3.05) is 14.2 Å². The van der Waals surface area contributed by atoms with Crippen LogP contribution in [0.25, 0.3) is 0 Å². The quantitative estimate of drug-likeness (QED) is 0.482. The summed E-state index contributed by atoms with van der Waals surface area (Å²) in [6, 6.07) is 0. The molecule has 3 heteroatoms. The Hall–Kier alpha value is -0.410. The Morgan fingerprint density at radius 2 is 1.68 bits per heavy atom. The van der Waals surface area contributed by atoms with E-state index in [1.54, 1.807) is 19.8 Å². The first kappa shape index (κ1) is 18.0. The second kappa shape index (κ2) is 6.34. The van der Waals surface area contributed by atoms with Crippen molar-refractivity contribution < 1.29 is 13.9 Å². The van der Waals surface area contributed by atoms with Gasteiger partial charge in [0.05, 0.1) is 0 Å². The number of rotatable bonds is 2. The van der Waals surface area contributed by atoms with Crippen LogP contribution in [0, 0.1) is 35.0 Å². The summed E-state index contributed by atoms with van der Waals surface area (Å²) in [7, 11) is 3.43. The van der Waals surface area contributed by atoms with Gasteiger partial charge in [0.15, 0.2) is 5.79 Å². The second-order valence-electron chi connectivity index (χ2n) is 9.38. The van der Waals surface area contributed by atoms with Crippen LogP contribution < -0.4 is 0 Å². The summed E-state index contributed by atoms with van der Waals surface area (Å²) in [5.74, 6) is 2.12. The fourth-order valence-corrected chi connectivity index (χ4v) is 7.54. The highest BCUT2D eigenvalue weighted by Gasteiger charge is 2.58. The molecule has 7 atom stereocenters. The van der Waals surface area contributed by atoms with Gasteiger partial charge in [-0.05, 0) is 80.5 Å². The van der Waals surface area contributed by atoms with Crippen LogP contribution in [-0.4, -0.2) is 26.2 Å². The van der Waals surface area contributed by atoms with E-state index < -0.39 is 12.0 Å². The van der Waals surface area contributed by atoms with Crippen LogP contribution in [0.3, 0.4) is 0 Å². The molecule has 0 heterocycles. The Morgan fingerprint density at radius 3 is 2.36 bits per heavy atom. The molecule has 4 rings (SSSR count). The van der Waals surface area contributed by atoms with Crippen molar-refractivity contribution in [3.63, 3.8) is 0 Å². The lowest BCUT2D eigenvalue weighted by molar-refractivity contribution is -0.253. The maximum Gasteiger partial charge on any atom is 0.167 e. The Kier molecular flexibility index (Phi) is 4.56. The highest BCUT2D eigenvalue weighted by Crippen LogP contribution is 2.64. The number of allylic oxidation sites excluding steroid dienone is 2. The van der Waals surface area contributed by atoms with Gasteiger partial charge < -0.3 is 9.47 Å². The third-order valence-electron chi connectivity index (χ3n) is 8.90. The lowest BCUT2D eigenvalue weighted by atomic mass is 9.49. The van der Waals surface area contributed by atoms with Gasteiger partial charge in [0, 0.05) is 27.1 Å². The van der Waals surface area contributed by atoms with Crippen molar-refractivity contribution in [2.24, 2.45) is 35.0 Å². The van der Waals surface area contributed by atoms with Crippen molar-refractivity contribution in [3.05, 3.63) is 11.6 Å². The number of halogens is 1. The zero-order chi connectivity index (χ0) is 17.8.